The molecule has 0 radical (unpaired) electrons. The van der Waals surface area contributed by atoms with Crippen LogP contribution in [0.2, 0.25) is 0 Å². The lowest BCUT2D eigenvalue weighted by molar-refractivity contribution is -0.386. The van der Waals surface area contributed by atoms with Crippen LogP contribution in [-0.4, -0.2) is 28.5 Å². The Balaban J connectivity index is 2.26. The molecule has 0 amide bonds. The zero-order valence-corrected chi connectivity index (χ0v) is 11.6. The molecule has 0 saturated carbocycles. The van der Waals surface area contributed by atoms with E-state index in [4.69, 9.17) is 9.47 Å². The number of hydrogen-bond donors (Lipinski definition) is 1. The van der Waals surface area contributed by atoms with Crippen LogP contribution in [0.3, 0.4) is 0 Å². The van der Waals surface area contributed by atoms with Crippen LogP contribution in [0.4, 0.5) is 11.6 Å². The van der Waals surface area contributed by atoms with E-state index in [0.717, 1.165) is 6.20 Å². The number of aromatic nitrogens is 2. The van der Waals surface area contributed by atoms with Crippen LogP contribution in [0.5, 0.6) is 17.4 Å². The Hall–Kier alpha value is -2.90. The highest BCUT2D eigenvalue weighted by atomic mass is 16.6. The number of anilines is 1. The topological polar surface area (TPSA) is 99.4 Å². The molecular weight excluding hydrogens is 276 g/mol. The Kier molecular flexibility index (Phi) is 4.50. The smallest absolute Gasteiger partial charge is 0.349 e. The van der Waals surface area contributed by atoms with Gasteiger partial charge >= 0.3 is 11.6 Å². The Bertz CT molecular complexity index is 631. The van der Waals surface area contributed by atoms with Crippen molar-refractivity contribution >= 4 is 11.6 Å². The average molecular weight is 290 g/mol. The lowest BCUT2D eigenvalue weighted by Crippen LogP contribution is -2.02. The summed E-state index contributed by atoms with van der Waals surface area (Å²) in [5, 5.41) is 13.7. The molecule has 0 bridgehead atoms. The quantitative estimate of drug-likeness (QED) is 0.644. The van der Waals surface area contributed by atoms with Crippen molar-refractivity contribution < 1.29 is 14.4 Å². The van der Waals surface area contributed by atoms with Gasteiger partial charge < -0.3 is 14.8 Å². The fourth-order valence-electron chi connectivity index (χ4n) is 1.56. The Morgan fingerprint density at radius 1 is 1.29 bits per heavy atom. The maximum atomic E-state index is 11.0. The second kappa shape index (κ2) is 6.51. The zero-order valence-electron chi connectivity index (χ0n) is 11.6. The van der Waals surface area contributed by atoms with E-state index in [9.17, 15) is 10.1 Å². The monoisotopic (exact) mass is 290 g/mol. The molecule has 0 fully saturated rings. The van der Waals surface area contributed by atoms with Crippen molar-refractivity contribution in [1.82, 2.24) is 9.97 Å². The van der Waals surface area contributed by atoms with Gasteiger partial charge in [0.2, 0.25) is 5.95 Å². The van der Waals surface area contributed by atoms with Crippen LogP contribution in [0.25, 0.3) is 0 Å². The van der Waals surface area contributed by atoms with Crippen LogP contribution in [-0.2, 0) is 0 Å². The summed E-state index contributed by atoms with van der Waals surface area (Å²) in [6, 6.07) is 6.72. The predicted molar refractivity (Wildman–Crippen MR) is 75.9 cm³/mol. The molecule has 110 valence electrons. The third-order valence-corrected chi connectivity index (χ3v) is 2.51. The number of nitro groups is 1. The lowest BCUT2D eigenvalue weighted by atomic mass is 10.3. The largest absolute Gasteiger partial charge is 0.494 e. The number of rotatable bonds is 6. The maximum Gasteiger partial charge on any atom is 0.349 e. The van der Waals surface area contributed by atoms with Crippen LogP contribution < -0.4 is 14.8 Å². The first-order valence-electron chi connectivity index (χ1n) is 6.24. The number of nitrogens with one attached hydrogen (secondary N) is 1. The molecule has 2 aromatic rings. The summed E-state index contributed by atoms with van der Waals surface area (Å²) in [5.74, 6) is 1.23. The Morgan fingerprint density at radius 3 is 2.52 bits per heavy atom. The summed E-state index contributed by atoms with van der Waals surface area (Å²) in [4.78, 5) is 18.1. The minimum absolute atomic E-state index is 0.122. The highest BCUT2D eigenvalue weighted by molar-refractivity contribution is 5.45. The predicted octanol–water partition coefficient (Wildman–Crippen LogP) is 2.62. The molecule has 0 unspecified atom stereocenters. The second-order valence-corrected chi connectivity index (χ2v) is 3.90. The van der Waals surface area contributed by atoms with E-state index in [0.29, 0.717) is 18.1 Å². The third-order valence-electron chi connectivity index (χ3n) is 2.51. The Labute approximate surface area is 120 Å². The summed E-state index contributed by atoms with van der Waals surface area (Å²) < 4.78 is 10.8. The van der Waals surface area contributed by atoms with Crippen molar-refractivity contribution in [1.29, 1.82) is 0 Å². The van der Waals surface area contributed by atoms with Gasteiger partial charge in [0.05, 0.1) is 11.5 Å². The molecule has 8 heteroatoms. The fraction of sp³-hybridized carbons (Fsp3) is 0.231. The van der Waals surface area contributed by atoms with Gasteiger partial charge in [-0.2, -0.15) is 4.98 Å². The number of ether oxygens (including phenoxy) is 2. The summed E-state index contributed by atoms with van der Waals surface area (Å²) in [6.45, 7) is 2.44. The summed E-state index contributed by atoms with van der Waals surface area (Å²) in [7, 11) is 1.61. The highest BCUT2D eigenvalue weighted by Crippen LogP contribution is 2.30. The minimum Gasteiger partial charge on any atom is -0.494 e. The zero-order chi connectivity index (χ0) is 15.2. The van der Waals surface area contributed by atoms with Gasteiger partial charge in [-0.15, -0.1) is 0 Å². The number of hydrogen-bond acceptors (Lipinski definition) is 7. The summed E-state index contributed by atoms with van der Waals surface area (Å²) in [5.41, 5.74) is -0.303. The summed E-state index contributed by atoms with van der Waals surface area (Å²) in [6.07, 6.45) is 1.10. The van der Waals surface area contributed by atoms with Crippen molar-refractivity contribution in [3.05, 3.63) is 40.6 Å². The van der Waals surface area contributed by atoms with E-state index in [1.54, 1.807) is 31.3 Å². The highest BCUT2D eigenvalue weighted by Gasteiger charge is 2.19. The average Bonchev–Trinajstić information content (AvgIpc) is 2.49. The molecule has 2 rings (SSSR count). The van der Waals surface area contributed by atoms with Crippen molar-refractivity contribution in [2.45, 2.75) is 6.92 Å². The molecule has 0 aliphatic carbocycles. The van der Waals surface area contributed by atoms with Crippen molar-refractivity contribution in [2.24, 2.45) is 0 Å². The molecule has 21 heavy (non-hydrogen) atoms. The second-order valence-electron chi connectivity index (χ2n) is 3.90. The van der Waals surface area contributed by atoms with Crippen LogP contribution in [0.1, 0.15) is 6.92 Å². The molecule has 0 aliphatic heterocycles. The summed E-state index contributed by atoms with van der Waals surface area (Å²) >= 11 is 0. The molecule has 1 heterocycles. The Morgan fingerprint density at radius 2 is 1.95 bits per heavy atom. The molecule has 0 spiro atoms. The molecule has 0 atom stereocenters. The standard InChI is InChI=1S/C13H14N4O4/c1-3-20-9-4-6-10(7-5-9)21-12-11(17(18)19)8-15-13(14-2)16-12/h4-8H,3H2,1-2H3,(H,14,15,16). The van der Waals surface area contributed by atoms with E-state index in [2.05, 4.69) is 15.3 Å². The van der Waals surface area contributed by atoms with E-state index >= 15 is 0 Å². The van der Waals surface area contributed by atoms with Crippen LogP contribution >= 0.6 is 0 Å². The van der Waals surface area contributed by atoms with Gasteiger partial charge in [0.1, 0.15) is 17.7 Å². The van der Waals surface area contributed by atoms with Crippen molar-refractivity contribution in [3.63, 3.8) is 0 Å². The molecule has 0 aliphatic rings. The van der Waals surface area contributed by atoms with E-state index in [1.165, 1.54) is 0 Å². The first-order valence-corrected chi connectivity index (χ1v) is 6.24. The molecule has 0 saturated heterocycles. The molecule has 1 aromatic carbocycles. The lowest BCUT2D eigenvalue weighted by Gasteiger charge is -2.07. The fourth-order valence-corrected chi connectivity index (χ4v) is 1.56. The molecule has 1 N–H and O–H groups in total. The normalized spacial score (nSPS) is 10.0. The van der Waals surface area contributed by atoms with Gasteiger partial charge in [0, 0.05) is 7.05 Å². The van der Waals surface area contributed by atoms with Gasteiger partial charge in [0.15, 0.2) is 0 Å². The van der Waals surface area contributed by atoms with Crippen molar-refractivity contribution in [3.8, 4) is 17.4 Å². The maximum absolute atomic E-state index is 11.0. The van der Waals surface area contributed by atoms with E-state index in [-0.39, 0.29) is 17.5 Å². The van der Waals surface area contributed by atoms with Gasteiger partial charge in [-0.3, -0.25) is 10.1 Å². The van der Waals surface area contributed by atoms with Crippen LogP contribution in [0, 0.1) is 10.1 Å². The third kappa shape index (κ3) is 3.56. The SMILES string of the molecule is CCOc1ccc(Oc2nc(NC)ncc2[N+](=O)[O-])cc1. The van der Waals surface area contributed by atoms with Gasteiger partial charge in [-0.1, -0.05) is 0 Å². The van der Waals surface area contributed by atoms with Crippen LogP contribution in [0.15, 0.2) is 30.5 Å². The first kappa shape index (κ1) is 14.5. The van der Waals surface area contributed by atoms with Gasteiger partial charge in [0.25, 0.3) is 0 Å². The van der Waals surface area contributed by atoms with Crippen molar-refractivity contribution in [2.75, 3.05) is 19.0 Å². The first-order chi connectivity index (χ1) is 10.1. The van der Waals surface area contributed by atoms with Gasteiger partial charge in [-0.05, 0) is 31.2 Å². The molecule has 8 nitrogen and oxygen atoms in total. The number of benzene rings is 1. The van der Waals surface area contributed by atoms with E-state index in [1.807, 2.05) is 6.92 Å². The minimum atomic E-state index is -0.594. The molecule has 1 aromatic heterocycles. The van der Waals surface area contributed by atoms with Gasteiger partial charge in [-0.25, -0.2) is 4.98 Å². The van der Waals surface area contributed by atoms with E-state index < -0.39 is 4.92 Å². The molecular formula is C13H14N4O4. The number of nitrogens with zero attached hydrogens (tertiary/aromatic N) is 3.